The van der Waals surface area contributed by atoms with Crippen molar-refractivity contribution in [1.29, 1.82) is 0 Å². The molecule has 5 rings (SSSR count). The van der Waals surface area contributed by atoms with Gasteiger partial charge in [0.25, 0.3) is 5.91 Å². The van der Waals surface area contributed by atoms with Gasteiger partial charge in [0.2, 0.25) is 0 Å². The second-order valence-corrected chi connectivity index (χ2v) is 9.13. The fraction of sp³-hybridized carbons (Fsp3) is 0.400. The Balaban J connectivity index is 1.08. The summed E-state index contributed by atoms with van der Waals surface area (Å²) in [6.07, 6.45) is 10.1. The van der Waals surface area contributed by atoms with Crippen molar-refractivity contribution in [3.8, 4) is 5.75 Å². The molecule has 1 atom stereocenters. The Kier molecular flexibility index (Phi) is 5.77. The maximum Gasteiger partial charge on any atom is 0.261 e. The number of amides is 1. The van der Waals surface area contributed by atoms with Crippen molar-refractivity contribution in [3.05, 3.63) is 65.1 Å². The molecule has 0 radical (unpaired) electrons. The zero-order chi connectivity index (χ0) is 21.2. The maximum absolute atomic E-state index is 12.6. The lowest BCUT2D eigenvalue weighted by Gasteiger charge is -2.29. The molecule has 1 amide bonds. The molecule has 2 aromatic heterocycles. The van der Waals surface area contributed by atoms with Crippen LogP contribution in [0.15, 0.2) is 48.8 Å². The molecular weight excluding hydrogens is 410 g/mol. The molecule has 160 valence electrons. The molecule has 0 spiro atoms. The van der Waals surface area contributed by atoms with Gasteiger partial charge in [0.05, 0.1) is 11.7 Å². The normalized spacial score (nSPS) is 22.7. The van der Waals surface area contributed by atoms with Crippen LogP contribution in [0.5, 0.6) is 5.75 Å². The van der Waals surface area contributed by atoms with Gasteiger partial charge >= 0.3 is 0 Å². The monoisotopic (exact) mass is 435 g/mol. The molecule has 0 saturated heterocycles. The smallest absolute Gasteiger partial charge is 0.261 e. The Hall–Kier alpha value is -2.66. The number of aryl methyl sites for hydroxylation is 1. The lowest BCUT2D eigenvalue weighted by atomic mass is 9.83. The van der Waals surface area contributed by atoms with Crippen molar-refractivity contribution in [1.82, 2.24) is 15.3 Å². The number of hydrogen-bond donors (Lipinski definition) is 1. The number of fused-ring (bicyclic) bond motifs is 2. The number of carbonyl (C=O) groups excluding carboxylic acids is 1. The van der Waals surface area contributed by atoms with Crippen LogP contribution in [-0.2, 0) is 17.6 Å². The topological polar surface area (TPSA) is 64.1 Å². The van der Waals surface area contributed by atoms with E-state index in [2.05, 4.69) is 22.4 Å². The van der Waals surface area contributed by atoms with Crippen LogP contribution < -0.4 is 10.1 Å². The number of nitrogens with zero attached hydrogens (tertiary/aromatic N) is 2. The average Bonchev–Trinajstić information content (AvgIpc) is 3.23. The quantitative estimate of drug-likeness (QED) is 0.619. The highest BCUT2D eigenvalue weighted by molar-refractivity contribution is 6.31. The van der Waals surface area contributed by atoms with Gasteiger partial charge < -0.3 is 10.1 Å². The Morgan fingerprint density at radius 3 is 2.84 bits per heavy atom. The van der Waals surface area contributed by atoms with Crippen LogP contribution in [0, 0.1) is 5.92 Å². The molecule has 1 unspecified atom stereocenters. The molecule has 3 heterocycles. The van der Waals surface area contributed by atoms with E-state index >= 15 is 0 Å². The summed E-state index contributed by atoms with van der Waals surface area (Å²) in [6, 6.07) is 12.2. The summed E-state index contributed by atoms with van der Waals surface area (Å²) in [5, 5.41) is 5.03. The predicted octanol–water partition coefficient (Wildman–Crippen LogP) is 4.89. The van der Waals surface area contributed by atoms with Crippen molar-refractivity contribution in [2.75, 3.05) is 0 Å². The third-order valence-corrected chi connectivity index (χ3v) is 6.78. The molecule has 1 aliphatic carbocycles. The van der Waals surface area contributed by atoms with Crippen LogP contribution in [0.3, 0.4) is 0 Å². The van der Waals surface area contributed by atoms with Crippen molar-refractivity contribution in [2.24, 2.45) is 5.92 Å². The van der Waals surface area contributed by atoms with E-state index in [4.69, 9.17) is 21.3 Å². The Bertz CT molecular complexity index is 1070. The fourth-order valence-electron chi connectivity index (χ4n) is 4.74. The molecule has 3 aromatic rings. The van der Waals surface area contributed by atoms with Gasteiger partial charge in [-0.05, 0) is 74.8 Å². The number of halogens is 1. The maximum atomic E-state index is 12.6. The molecule has 5 nitrogen and oxygen atoms in total. The SMILES string of the molecule is O=C(NC1CCC(CCc2ccc3cc(Cl)ccc3n2)CC1)C1Cc2ccncc2O1. The zero-order valence-corrected chi connectivity index (χ0v) is 18.1. The molecule has 1 fully saturated rings. The van der Waals surface area contributed by atoms with E-state index in [1.54, 1.807) is 12.4 Å². The minimum Gasteiger partial charge on any atom is -0.478 e. The minimum absolute atomic E-state index is 0.000108. The standard InChI is InChI=1S/C25H26ClN3O2/c26-19-5-10-22-17(13-19)4-9-20(28-22)6-1-16-2-7-21(8-3-16)29-25(30)23-14-18-11-12-27-15-24(18)31-23/h4-5,9-13,15-16,21,23H,1-3,6-8,14H2,(H,29,30). The number of ether oxygens (including phenoxy) is 1. The van der Waals surface area contributed by atoms with Gasteiger partial charge in [0, 0.05) is 40.3 Å². The number of hydrogen-bond acceptors (Lipinski definition) is 4. The van der Waals surface area contributed by atoms with E-state index in [-0.39, 0.29) is 11.9 Å². The molecule has 6 heteroatoms. The summed E-state index contributed by atoms with van der Waals surface area (Å²) in [6.45, 7) is 0. The molecule has 0 bridgehead atoms. The van der Waals surface area contributed by atoms with Crippen LogP contribution in [0.25, 0.3) is 10.9 Å². The Labute approximate surface area is 187 Å². The van der Waals surface area contributed by atoms with Gasteiger partial charge in [0.15, 0.2) is 6.10 Å². The van der Waals surface area contributed by atoms with Crippen LogP contribution in [0.1, 0.15) is 43.4 Å². The highest BCUT2D eigenvalue weighted by atomic mass is 35.5. The van der Waals surface area contributed by atoms with E-state index in [9.17, 15) is 4.79 Å². The third kappa shape index (κ3) is 4.67. The molecule has 2 aliphatic rings. The van der Waals surface area contributed by atoms with E-state index in [1.807, 2.05) is 24.3 Å². The zero-order valence-electron chi connectivity index (χ0n) is 17.4. The number of pyridine rings is 2. The highest BCUT2D eigenvalue weighted by Crippen LogP contribution is 2.30. The third-order valence-electron chi connectivity index (χ3n) is 6.55. The second kappa shape index (κ2) is 8.83. The van der Waals surface area contributed by atoms with Crippen molar-refractivity contribution in [2.45, 2.75) is 57.1 Å². The Morgan fingerprint density at radius 2 is 2.00 bits per heavy atom. The van der Waals surface area contributed by atoms with Gasteiger partial charge in [-0.15, -0.1) is 0 Å². The number of rotatable bonds is 5. The van der Waals surface area contributed by atoms with E-state index in [1.165, 1.54) is 0 Å². The van der Waals surface area contributed by atoms with Crippen LogP contribution in [0.4, 0.5) is 0 Å². The lowest BCUT2D eigenvalue weighted by Crippen LogP contribution is -2.44. The van der Waals surface area contributed by atoms with Gasteiger partial charge in [-0.1, -0.05) is 17.7 Å². The molecule has 1 aliphatic heterocycles. The second-order valence-electron chi connectivity index (χ2n) is 8.70. The first kappa shape index (κ1) is 20.3. The van der Waals surface area contributed by atoms with E-state index in [0.717, 1.165) is 71.5 Å². The number of benzene rings is 1. The minimum atomic E-state index is -0.425. The summed E-state index contributed by atoms with van der Waals surface area (Å²) in [5.41, 5.74) is 3.20. The van der Waals surface area contributed by atoms with Gasteiger partial charge in [-0.3, -0.25) is 14.8 Å². The summed E-state index contributed by atoms with van der Waals surface area (Å²) in [5.74, 6) is 1.42. The first-order valence-corrected chi connectivity index (χ1v) is 11.5. The van der Waals surface area contributed by atoms with E-state index < -0.39 is 6.10 Å². The summed E-state index contributed by atoms with van der Waals surface area (Å²) < 4.78 is 5.77. The Morgan fingerprint density at radius 1 is 1.13 bits per heavy atom. The summed E-state index contributed by atoms with van der Waals surface area (Å²) >= 11 is 6.06. The average molecular weight is 436 g/mol. The van der Waals surface area contributed by atoms with Crippen LogP contribution in [0.2, 0.25) is 5.02 Å². The van der Waals surface area contributed by atoms with Crippen molar-refractivity contribution >= 4 is 28.4 Å². The van der Waals surface area contributed by atoms with Crippen LogP contribution in [-0.4, -0.2) is 28.0 Å². The largest absolute Gasteiger partial charge is 0.478 e. The van der Waals surface area contributed by atoms with Gasteiger partial charge in [0.1, 0.15) is 5.75 Å². The summed E-state index contributed by atoms with van der Waals surface area (Å²) in [7, 11) is 0. The molecule has 31 heavy (non-hydrogen) atoms. The van der Waals surface area contributed by atoms with Crippen LogP contribution >= 0.6 is 11.6 Å². The van der Waals surface area contributed by atoms with E-state index in [0.29, 0.717) is 12.3 Å². The summed E-state index contributed by atoms with van der Waals surface area (Å²) in [4.78, 5) is 21.5. The number of aromatic nitrogens is 2. The number of carbonyl (C=O) groups is 1. The lowest BCUT2D eigenvalue weighted by molar-refractivity contribution is -0.128. The molecule has 1 aromatic carbocycles. The number of nitrogens with one attached hydrogen (secondary N) is 1. The van der Waals surface area contributed by atoms with Gasteiger partial charge in [-0.25, -0.2) is 0 Å². The molecule has 1 saturated carbocycles. The predicted molar refractivity (Wildman–Crippen MR) is 121 cm³/mol. The van der Waals surface area contributed by atoms with Crippen molar-refractivity contribution in [3.63, 3.8) is 0 Å². The van der Waals surface area contributed by atoms with Gasteiger partial charge in [-0.2, -0.15) is 0 Å². The first-order chi connectivity index (χ1) is 15.1. The first-order valence-electron chi connectivity index (χ1n) is 11.1. The molecule has 1 N–H and O–H groups in total. The molecular formula is C25H26ClN3O2. The highest BCUT2D eigenvalue weighted by Gasteiger charge is 2.31. The fourth-order valence-corrected chi connectivity index (χ4v) is 4.92. The van der Waals surface area contributed by atoms with Crippen molar-refractivity contribution < 1.29 is 9.53 Å².